The van der Waals surface area contributed by atoms with Gasteiger partial charge in [-0.25, -0.2) is 8.42 Å². The van der Waals surface area contributed by atoms with Gasteiger partial charge in [0.2, 0.25) is 0 Å². The molecule has 0 unspecified atom stereocenters. The molecule has 4 rings (SSSR count). The molecular weight excluding hydrogens is 436 g/mol. The molecule has 7 heteroatoms. The molecule has 2 N–H and O–H groups in total. The van der Waals surface area contributed by atoms with Gasteiger partial charge in [0.25, 0.3) is 15.9 Å². The van der Waals surface area contributed by atoms with Gasteiger partial charge in [0.15, 0.2) is 0 Å². The number of amides is 1. The van der Waals surface area contributed by atoms with Gasteiger partial charge >= 0.3 is 0 Å². The van der Waals surface area contributed by atoms with Crippen LogP contribution in [0, 0.1) is 0 Å². The minimum atomic E-state index is -3.96. The van der Waals surface area contributed by atoms with Gasteiger partial charge in [0.1, 0.15) is 10.6 Å². The molecule has 0 radical (unpaired) electrons. The van der Waals surface area contributed by atoms with Crippen molar-refractivity contribution >= 4 is 21.6 Å². The first-order valence-electron chi connectivity index (χ1n) is 11.1. The lowest BCUT2D eigenvalue weighted by atomic mass is 9.92. The molecule has 0 aliphatic heterocycles. The minimum Gasteiger partial charge on any atom is -0.495 e. The zero-order chi connectivity index (χ0) is 23.3. The largest absolute Gasteiger partial charge is 0.495 e. The Morgan fingerprint density at radius 2 is 1.61 bits per heavy atom. The minimum absolute atomic E-state index is 0.0879. The summed E-state index contributed by atoms with van der Waals surface area (Å²) < 4.78 is 34.7. The van der Waals surface area contributed by atoms with Crippen molar-refractivity contribution in [1.82, 2.24) is 5.32 Å². The van der Waals surface area contributed by atoms with Gasteiger partial charge in [-0.15, -0.1) is 0 Å². The molecule has 1 aliphatic carbocycles. The van der Waals surface area contributed by atoms with Crippen LogP contribution in [0.15, 0.2) is 71.6 Å². The lowest BCUT2D eigenvalue weighted by molar-refractivity contribution is 0.0955. The molecule has 6 nitrogen and oxygen atoms in total. The predicted molar refractivity (Wildman–Crippen MR) is 129 cm³/mol. The normalized spacial score (nSPS) is 13.1. The van der Waals surface area contributed by atoms with Crippen LogP contribution in [0.4, 0.5) is 5.69 Å². The average molecular weight is 465 g/mol. The standard InChI is InChI=1S/C26H28N2O4S/c1-32-24-17-20-11-5-6-12-21(20)18-25(24)33(30,31)28-23-14-8-7-13-22(23)26(29)27-16-15-19-9-3-2-4-10-19/h2-4,7-10,13-14,17-18,28H,5-6,11-12,15-16H2,1H3,(H,27,29). The maximum Gasteiger partial charge on any atom is 0.265 e. The number of sulfonamides is 1. The molecule has 0 fully saturated rings. The fraction of sp³-hybridized carbons (Fsp3) is 0.269. The maximum absolute atomic E-state index is 13.3. The zero-order valence-electron chi connectivity index (χ0n) is 18.6. The number of benzene rings is 3. The van der Waals surface area contributed by atoms with Crippen LogP contribution >= 0.6 is 0 Å². The second-order valence-electron chi connectivity index (χ2n) is 8.12. The van der Waals surface area contributed by atoms with Gasteiger partial charge in [-0.05, 0) is 73.1 Å². The zero-order valence-corrected chi connectivity index (χ0v) is 19.5. The summed E-state index contributed by atoms with van der Waals surface area (Å²) >= 11 is 0. The second kappa shape index (κ2) is 10.1. The molecular formula is C26H28N2O4S. The number of carbonyl (C=O) groups excluding carboxylic acids is 1. The van der Waals surface area contributed by atoms with Crippen molar-refractivity contribution in [2.24, 2.45) is 0 Å². The number of hydrogen-bond acceptors (Lipinski definition) is 4. The number of methoxy groups -OCH3 is 1. The van der Waals surface area contributed by atoms with Crippen LogP contribution in [-0.2, 0) is 29.3 Å². The molecule has 0 heterocycles. The summed E-state index contributed by atoms with van der Waals surface area (Å²) in [6, 6.07) is 20.0. The third-order valence-corrected chi connectivity index (χ3v) is 7.26. The first kappa shape index (κ1) is 22.9. The molecule has 3 aromatic rings. The fourth-order valence-electron chi connectivity index (χ4n) is 4.14. The Morgan fingerprint density at radius 3 is 2.33 bits per heavy atom. The summed E-state index contributed by atoms with van der Waals surface area (Å²) in [6.07, 6.45) is 4.59. The lowest BCUT2D eigenvalue weighted by Crippen LogP contribution is -2.27. The number of ether oxygens (including phenoxy) is 1. The molecule has 33 heavy (non-hydrogen) atoms. The number of rotatable bonds is 8. The van der Waals surface area contributed by atoms with E-state index in [0.717, 1.165) is 42.4 Å². The van der Waals surface area contributed by atoms with Crippen LogP contribution in [0.2, 0.25) is 0 Å². The molecule has 0 atom stereocenters. The van der Waals surface area contributed by atoms with Crippen LogP contribution in [0.25, 0.3) is 0 Å². The van der Waals surface area contributed by atoms with Crippen molar-refractivity contribution in [2.45, 2.75) is 37.0 Å². The van der Waals surface area contributed by atoms with Crippen molar-refractivity contribution in [2.75, 3.05) is 18.4 Å². The molecule has 172 valence electrons. The quantitative estimate of drug-likeness (QED) is 0.519. The van der Waals surface area contributed by atoms with E-state index >= 15 is 0 Å². The molecule has 0 saturated heterocycles. The highest BCUT2D eigenvalue weighted by molar-refractivity contribution is 7.92. The molecule has 0 aromatic heterocycles. The summed E-state index contributed by atoms with van der Waals surface area (Å²) in [5.41, 5.74) is 3.79. The smallest absolute Gasteiger partial charge is 0.265 e. The van der Waals surface area contributed by atoms with E-state index in [-0.39, 0.29) is 22.1 Å². The average Bonchev–Trinajstić information content (AvgIpc) is 2.84. The van der Waals surface area contributed by atoms with Gasteiger partial charge in [-0.2, -0.15) is 0 Å². The maximum atomic E-state index is 13.3. The third kappa shape index (κ3) is 5.37. The van der Waals surface area contributed by atoms with Crippen molar-refractivity contribution < 1.29 is 17.9 Å². The Balaban J connectivity index is 1.54. The molecule has 0 bridgehead atoms. The molecule has 1 amide bonds. The van der Waals surface area contributed by atoms with E-state index in [1.165, 1.54) is 7.11 Å². The summed E-state index contributed by atoms with van der Waals surface area (Å²) in [5.74, 6) is -0.0189. The summed E-state index contributed by atoms with van der Waals surface area (Å²) in [7, 11) is -2.49. The Kier molecular flexibility index (Phi) is 6.99. The third-order valence-electron chi connectivity index (χ3n) is 5.88. The predicted octanol–water partition coefficient (Wildman–Crippen LogP) is 4.35. The van der Waals surface area contributed by atoms with E-state index in [2.05, 4.69) is 10.0 Å². The van der Waals surface area contributed by atoms with Crippen molar-refractivity contribution in [3.8, 4) is 5.75 Å². The molecule has 1 aliphatic rings. The number of aryl methyl sites for hydroxylation is 2. The van der Waals surface area contributed by atoms with Gasteiger partial charge in [-0.3, -0.25) is 9.52 Å². The highest BCUT2D eigenvalue weighted by Gasteiger charge is 2.25. The second-order valence-corrected chi connectivity index (χ2v) is 9.77. The van der Waals surface area contributed by atoms with Gasteiger partial charge in [0, 0.05) is 6.54 Å². The molecule has 3 aromatic carbocycles. The van der Waals surface area contributed by atoms with Crippen LogP contribution < -0.4 is 14.8 Å². The number of anilines is 1. The Bertz CT molecular complexity index is 1240. The van der Waals surface area contributed by atoms with Gasteiger partial charge < -0.3 is 10.1 Å². The Morgan fingerprint density at radius 1 is 0.939 bits per heavy atom. The number of fused-ring (bicyclic) bond motifs is 1. The van der Waals surface area contributed by atoms with E-state index in [4.69, 9.17) is 4.74 Å². The number of nitrogens with one attached hydrogen (secondary N) is 2. The first-order valence-corrected chi connectivity index (χ1v) is 12.6. The topological polar surface area (TPSA) is 84.5 Å². The Labute approximate surface area is 195 Å². The number of para-hydroxylation sites is 1. The van der Waals surface area contributed by atoms with E-state index < -0.39 is 10.0 Å². The van der Waals surface area contributed by atoms with Crippen molar-refractivity contribution in [3.05, 3.63) is 89.0 Å². The molecule has 0 spiro atoms. The number of hydrogen-bond donors (Lipinski definition) is 2. The molecule has 0 saturated carbocycles. The summed E-state index contributed by atoms with van der Waals surface area (Å²) in [4.78, 5) is 12.9. The van der Waals surface area contributed by atoms with Gasteiger partial charge in [-0.1, -0.05) is 42.5 Å². The van der Waals surface area contributed by atoms with Crippen molar-refractivity contribution in [1.29, 1.82) is 0 Å². The van der Waals surface area contributed by atoms with Crippen molar-refractivity contribution in [3.63, 3.8) is 0 Å². The summed E-state index contributed by atoms with van der Waals surface area (Å²) in [5, 5.41) is 2.88. The van der Waals surface area contributed by atoms with E-state index in [1.54, 1.807) is 30.3 Å². The van der Waals surface area contributed by atoms with Crippen LogP contribution in [0.3, 0.4) is 0 Å². The highest BCUT2D eigenvalue weighted by atomic mass is 32.2. The van der Waals surface area contributed by atoms with E-state index in [9.17, 15) is 13.2 Å². The van der Waals surface area contributed by atoms with E-state index in [0.29, 0.717) is 18.7 Å². The Hall–Kier alpha value is -3.32. The van der Waals surface area contributed by atoms with E-state index in [1.807, 2.05) is 36.4 Å². The fourth-order valence-corrected chi connectivity index (χ4v) is 5.42. The summed E-state index contributed by atoms with van der Waals surface area (Å²) in [6.45, 7) is 0.447. The van der Waals surface area contributed by atoms with Crippen LogP contribution in [0.5, 0.6) is 5.75 Å². The highest BCUT2D eigenvalue weighted by Crippen LogP contribution is 2.33. The lowest BCUT2D eigenvalue weighted by Gasteiger charge is -2.20. The van der Waals surface area contributed by atoms with Gasteiger partial charge in [0.05, 0.1) is 18.4 Å². The SMILES string of the molecule is COc1cc2c(cc1S(=O)(=O)Nc1ccccc1C(=O)NCCc1ccccc1)CCCC2. The van der Waals surface area contributed by atoms with Crippen LogP contribution in [0.1, 0.15) is 39.9 Å². The monoisotopic (exact) mass is 464 g/mol. The van der Waals surface area contributed by atoms with Crippen LogP contribution in [-0.4, -0.2) is 28.0 Å². The first-order chi connectivity index (χ1) is 16.0. The number of carbonyl (C=O) groups is 1.